The Morgan fingerprint density at radius 3 is 2.48 bits per heavy atom. The molecule has 1 unspecified atom stereocenters. The summed E-state index contributed by atoms with van der Waals surface area (Å²) in [6.45, 7) is 6.38. The van der Waals surface area contributed by atoms with Gasteiger partial charge in [-0.1, -0.05) is 27.2 Å². The van der Waals surface area contributed by atoms with Crippen LogP contribution in [0.2, 0.25) is 0 Å². The second-order valence-corrected chi connectivity index (χ2v) is 5.53. The molecule has 0 fully saturated rings. The average molecular weight is 307 g/mol. The van der Waals surface area contributed by atoms with Crippen molar-refractivity contribution in [2.24, 2.45) is 11.1 Å². The smallest absolute Gasteiger partial charge is 0.265 e. The fourth-order valence-corrected chi connectivity index (χ4v) is 2.24. The number of nitrogens with two attached hydrogens (primary N) is 1. The quantitative estimate of drug-likeness (QED) is 0.507. The SMILES string of the molecule is CCCC(C)(C)/C(CNCC(OC)C(F)F)=C(/N)NC=O. The summed E-state index contributed by atoms with van der Waals surface area (Å²) in [5, 5.41) is 5.37. The normalized spacial score (nSPS) is 14.8. The molecule has 0 aliphatic carbocycles. The number of carbonyl (C=O) groups excluding carboxylic acids is 1. The molecule has 0 saturated carbocycles. The number of hydrogen-bond acceptors (Lipinski definition) is 4. The summed E-state index contributed by atoms with van der Waals surface area (Å²) in [4.78, 5) is 10.6. The molecule has 5 nitrogen and oxygen atoms in total. The van der Waals surface area contributed by atoms with Crippen molar-refractivity contribution in [3.8, 4) is 0 Å². The monoisotopic (exact) mass is 307 g/mol. The Morgan fingerprint density at radius 1 is 1.43 bits per heavy atom. The van der Waals surface area contributed by atoms with Crippen LogP contribution in [0.1, 0.15) is 33.6 Å². The molecule has 0 rings (SSSR count). The second-order valence-electron chi connectivity index (χ2n) is 5.53. The van der Waals surface area contributed by atoms with Gasteiger partial charge >= 0.3 is 0 Å². The number of rotatable bonds is 11. The van der Waals surface area contributed by atoms with E-state index < -0.39 is 12.5 Å². The summed E-state index contributed by atoms with van der Waals surface area (Å²) in [7, 11) is 1.25. The minimum absolute atomic E-state index is 0.00818. The van der Waals surface area contributed by atoms with Crippen LogP contribution in [0.5, 0.6) is 0 Å². The fraction of sp³-hybridized carbons (Fsp3) is 0.786. The lowest BCUT2D eigenvalue weighted by atomic mass is 9.80. The van der Waals surface area contributed by atoms with Gasteiger partial charge in [0, 0.05) is 20.2 Å². The number of nitrogens with one attached hydrogen (secondary N) is 2. The Kier molecular flexibility index (Phi) is 9.12. The van der Waals surface area contributed by atoms with Crippen LogP contribution in [0.15, 0.2) is 11.4 Å². The van der Waals surface area contributed by atoms with Crippen molar-refractivity contribution in [3.63, 3.8) is 0 Å². The first kappa shape index (κ1) is 19.8. The minimum atomic E-state index is -2.55. The van der Waals surface area contributed by atoms with Gasteiger partial charge in [-0.3, -0.25) is 4.79 Å². The van der Waals surface area contributed by atoms with Crippen LogP contribution < -0.4 is 16.4 Å². The third kappa shape index (κ3) is 6.86. The average Bonchev–Trinajstić information content (AvgIpc) is 2.38. The van der Waals surface area contributed by atoms with Gasteiger partial charge in [-0.05, 0) is 17.4 Å². The van der Waals surface area contributed by atoms with Crippen LogP contribution >= 0.6 is 0 Å². The third-order valence-corrected chi connectivity index (χ3v) is 3.46. The lowest BCUT2D eigenvalue weighted by molar-refractivity contribution is -0.109. The molecule has 1 atom stereocenters. The molecule has 0 bridgehead atoms. The molecule has 0 radical (unpaired) electrons. The van der Waals surface area contributed by atoms with E-state index in [0.29, 0.717) is 13.0 Å². The maximum absolute atomic E-state index is 12.6. The first-order valence-electron chi connectivity index (χ1n) is 7.01. The van der Waals surface area contributed by atoms with Crippen LogP contribution in [-0.4, -0.2) is 39.1 Å². The van der Waals surface area contributed by atoms with Crippen LogP contribution in [0, 0.1) is 5.41 Å². The standard InChI is InChI=1S/C14H27F2N3O2/c1-5-6-14(2,3)10(13(17)19-9-20)7-18-8-11(21-4)12(15)16/h9,11-12,18H,5-8,17H2,1-4H3,(H,19,20)/b13-10-. The second kappa shape index (κ2) is 9.68. The maximum Gasteiger partial charge on any atom is 0.265 e. The highest BCUT2D eigenvalue weighted by Crippen LogP contribution is 2.31. The molecule has 0 aliphatic rings. The van der Waals surface area contributed by atoms with E-state index in [1.807, 2.05) is 20.8 Å². The number of halogens is 2. The van der Waals surface area contributed by atoms with E-state index in [1.165, 1.54) is 7.11 Å². The van der Waals surface area contributed by atoms with Crippen LogP contribution in [0.4, 0.5) is 8.78 Å². The molecule has 0 aromatic heterocycles. The van der Waals surface area contributed by atoms with Gasteiger partial charge in [0.05, 0.1) is 0 Å². The van der Waals surface area contributed by atoms with Crippen molar-refractivity contribution in [2.45, 2.75) is 46.1 Å². The summed E-state index contributed by atoms with van der Waals surface area (Å²) < 4.78 is 29.9. The molecule has 4 N–H and O–H groups in total. The van der Waals surface area contributed by atoms with Crippen molar-refractivity contribution < 1.29 is 18.3 Å². The Bertz CT molecular complexity index is 347. The minimum Gasteiger partial charge on any atom is -0.385 e. The summed E-state index contributed by atoms with van der Waals surface area (Å²) in [6.07, 6.45) is -1.39. The van der Waals surface area contributed by atoms with Gasteiger partial charge < -0.3 is 21.1 Å². The van der Waals surface area contributed by atoms with Gasteiger partial charge in [-0.25, -0.2) is 8.78 Å². The van der Waals surface area contributed by atoms with Gasteiger partial charge in [-0.2, -0.15) is 0 Å². The summed E-state index contributed by atoms with van der Waals surface area (Å²) in [6, 6.07) is 0. The van der Waals surface area contributed by atoms with E-state index in [-0.39, 0.29) is 17.8 Å². The number of ether oxygens (including phenoxy) is 1. The lowest BCUT2D eigenvalue weighted by Crippen LogP contribution is -2.38. The lowest BCUT2D eigenvalue weighted by Gasteiger charge is -2.30. The first-order chi connectivity index (χ1) is 9.80. The number of carbonyl (C=O) groups is 1. The Labute approximate surface area is 125 Å². The highest BCUT2D eigenvalue weighted by molar-refractivity contribution is 5.50. The molecule has 21 heavy (non-hydrogen) atoms. The summed E-state index contributed by atoms with van der Waals surface area (Å²) in [5.74, 6) is 0.266. The van der Waals surface area contributed by atoms with Gasteiger partial charge in [0.25, 0.3) is 6.43 Å². The number of alkyl halides is 2. The first-order valence-corrected chi connectivity index (χ1v) is 7.01. The third-order valence-electron chi connectivity index (χ3n) is 3.46. The Morgan fingerprint density at radius 2 is 2.05 bits per heavy atom. The van der Waals surface area contributed by atoms with Crippen LogP contribution in [-0.2, 0) is 9.53 Å². The number of methoxy groups -OCH3 is 1. The molecule has 0 spiro atoms. The molecule has 1 amide bonds. The topological polar surface area (TPSA) is 76.4 Å². The van der Waals surface area contributed by atoms with Gasteiger partial charge in [0.1, 0.15) is 11.9 Å². The molecular weight excluding hydrogens is 280 g/mol. The molecular formula is C14H27F2N3O2. The zero-order valence-corrected chi connectivity index (χ0v) is 13.2. The summed E-state index contributed by atoms with van der Waals surface area (Å²) in [5.41, 5.74) is 6.42. The fourth-order valence-electron chi connectivity index (χ4n) is 2.24. The number of amides is 1. The van der Waals surface area contributed by atoms with E-state index >= 15 is 0 Å². The van der Waals surface area contributed by atoms with E-state index in [2.05, 4.69) is 10.6 Å². The highest BCUT2D eigenvalue weighted by Gasteiger charge is 2.26. The van der Waals surface area contributed by atoms with Gasteiger partial charge in [0.2, 0.25) is 6.41 Å². The Hall–Kier alpha value is -1.21. The predicted octanol–water partition coefficient (Wildman–Crippen LogP) is 1.60. The van der Waals surface area contributed by atoms with Crippen molar-refractivity contribution >= 4 is 6.41 Å². The molecule has 124 valence electrons. The van der Waals surface area contributed by atoms with E-state index in [9.17, 15) is 13.6 Å². The molecule has 0 aromatic rings. The molecule has 0 aliphatic heterocycles. The zero-order chi connectivity index (χ0) is 16.5. The zero-order valence-electron chi connectivity index (χ0n) is 13.2. The molecule has 0 heterocycles. The molecule has 7 heteroatoms. The van der Waals surface area contributed by atoms with Crippen LogP contribution in [0.25, 0.3) is 0 Å². The number of hydrogen-bond donors (Lipinski definition) is 3. The van der Waals surface area contributed by atoms with Crippen molar-refractivity contribution in [1.82, 2.24) is 10.6 Å². The van der Waals surface area contributed by atoms with E-state index in [4.69, 9.17) is 10.5 Å². The largest absolute Gasteiger partial charge is 0.385 e. The van der Waals surface area contributed by atoms with Gasteiger partial charge in [0.15, 0.2) is 0 Å². The molecule has 0 aromatic carbocycles. The van der Waals surface area contributed by atoms with Crippen molar-refractivity contribution in [1.29, 1.82) is 0 Å². The predicted molar refractivity (Wildman–Crippen MR) is 78.8 cm³/mol. The van der Waals surface area contributed by atoms with Crippen molar-refractivity contribution in [3.05, 3.63) is 11.4 Å². The Balaban J connectivity index is 4.86. The van der Waals surface area contributed by atoms with Crippen molar-refractivity contribution in [2.75, 3.05) is 20.2 Å². The van der Waals surface area contributed by atoms with E-state index in [0.717, 1.165) is 18.4 Å². The summed E-state index contributed by atoms with van der Waals surface area (Å²) >= 11 is 0. The van der Waals surface area contributed by atoms with Gasteiger partial charge in [-0.15, -0.1) is 0 Å². The maximum atomic E-state index is 12.6. The van der Waals surface area contributed by atoms with Crippen LogP contribution in [0.3, 0.4) is 0 Å². The molecule has 0 saturated heterocycles. The highest BCUT2D eigenvalue weighted by atomic mass is 19.3. The van der Waals surface area contributed by atoms with E-state index in [1.54, 1.807) is 0 Å².